The van der Waals surface area contributed by atoms with Gasteiger partial charge in [0, 0.05) is 23.2 Å². The number of ether oxygens (including phenoxy) is 1. The molecule has 11 heteroatoms. The van der Waals surface area contributed by atoms with Crippen molar-refractivity contribution in [3.8, 4) is 0 Å². The number of non-ortho nitro benzene ring substituents is 1. The number of rotatable bonds is 6. The first-order valence-electron chi connectivity index (χ1n) is 8.70. The quantitative estimate of drug-likeness (QED) is 0.327. The van der Waals surface area contributed by atoms with E-state index < -0.39 is 31.5 Å². The fourth-order valence-corrected chi connectivity index (χ4v) is 4.40. The summed E-state index contributed by atoms with van der Waals surface area (Å²) in [6, 6.07) is 7.47. The minimum Gasteiger partial charge on any atom is -0.460 e. The molecule has 0 spiro atoms. The second-order valence-electron chi connectivity index (χ2n) is 6.68. The number of nitro groups is 1. The lowest BCUT2D eigenvalue weighted by Gasteiger charge is -2.10. The highest BCUT2D eigenvalue weighted by atomic mass is 35.5. The van der Waals surface area contributed by atoms with Crippen LogP contribution in [0.4, 0.5) is 11.4 Å². The van der Waals surface area contributed by atoms with E-state index in [0.29, 0.717) is 16.7 Å². The third-order valence-electron chi connectivity index (χ3n) is 4.08. The lowest BCUT2D eigenvalue weighted by Crippen LogP contribution is -2.14. The zero-order valence-electron chi connectivity index (χ0n) is 16.1. The number of halogens is 1. The summed E-state index contributed by atoms with van der Waals surface area (Å²) >= 11 is 5.95. The van der Waals surface area contributed by atoms with E-state index in [1.54, 1.807) is 20.8 Å². The summed E-state index contributed by atoms with van der Waals surface area (Å²) in [6.45, 7) is 5.01. The van der Waals surface area contributed by atoms with Crippen LogP contribution >= 0.6 is 11.6 Å². The Hall–Kier alpha value is -3.11. The average Bonchev–Trinajstić information content (AvgIpc) is 2.95. The van der Waals surface area contributed by atoms with Crippen molar-refractivity contribution >= 4 is 49.9 Å². The highest BCUT2D eigenvalue weighted by Crippen LogP contribution is 2.32. The zero-order chi connectivity index (χ0) is 22.2. The fraction of sp³-hybridized carbons (Fsp3) is 0.211. The van der Waals surface area contributed by atoms with Crippen molar-refractivity contribution in [1.29, 1.82) is 0 Å². The van der Waals surface area contributed by atoms with Crippen LogP contribution in [0.3, 0.4) is 0 Å². The molecule has 0 bridgehead atoms. The van der Waals surface area contributed by atoms with Gasteiger partial charge in [0.25, 0.3) is 15.7 Å². The zero-order valence-corrected chi connectivity index (χ0v) is 17.7. The van der Waals surface area contributed by atoms with Gasteiger partial charge in [0.05, 0.1) is 16.0 Å². The van der Waals surface area contributed by atoms with Crippen LogP contribution in [-0.4, -0.2) is 25.4 Å². The standard InChI is InChI=1S/C19H17ClN2O7S/c1-10(2)28-19(23)18-11(3)29-16-7-4-12(8-14(16)18)21-30(26,27)17-9-13(22(24)25)5-6-15(17)20/h4-10,21H,1-3H3. The summed E-state index contributed by atoms with van der Waals surface area (Å²) in [5.74, 6) is -0.264. The molecule has 0 fully saturated rings. The maximum Gasteiger partial charge on any atom is 0.342 e. The Kier molecular flexibility index (Phi) is 5.73. The molecule has 0 radical (unpaired) electrons. The number of nitrogens with one attached hydrogen (secondary N) is 1. The van der Waals surface area contributed by atoms with Gasteiger partial charge in [-0.2, -0.15) is 0 Å². The van der Waals surface area contributed by atoms with Crippen molar-refractivity contribution in [3.63, 3.8) is 0 Å². The Morgan fingerprint density at radius 1 is 1.23 bits per heavy atom. The van der Waals surface area contributed by atoms with Gasteiger partial charge in [-0.1, -0.05) is 11.6 Å². The summed E-state index contributed by atoms with van der Waals surface area (Å²) < 4.78 is 38.6. The molecule has 0 aliphatic heterocycles. The van der Waals surface area contributed by atoms with Crippen molar-refractivity contribution < 1.29 is 27.3 Å². The molecule has 0 unspecified atom stereocenters. The first kappa shape index (κ1) is 21.6. The predicted octanol–water partition coefficient (Wildman–Crippen LogP) is 4.67. The molecule has 1 heterocycles. The number of sulfonamides is 1. The SMILES string of the molecule is Cc1oc2ccc(NS(=O)(=O)c3cc([N+](=O)[O-])ccc3Cl)cc2c1C(=O)OC(C)C. The molecular formula is C19H17ClN2O7S. The Labute approximate surface area is 176 Å². The van der Waals surface area contributed by atoms with Crippen LogP contribution in [0.1, 0.15) is 30.0 Å². The number of benzene rings is 2. The van der Waals surface area contributed by atoms with Crippen molar-refractivity contribution in [2.45, 2.75) is 31.8 Å². The number of furan rings is 1. The van der Waals surface area contributed by atoms with Gasteiger partial charge < -0.3 is 9.15 Å². The van der Waals surface area contributed by atoms with Gasteiger partial charge in [-0.3, -0.25) is 14.8 Å². The van der Waals surface area contributed by atoms with Crippen LogP contribution in [-0.2, 0) is 14.8 Å². The first-order valence-corrected chi connectivity index (χ1v) is 10.6. The van der Waals surface area contributed by atoms with Crippen molar-refractivity contribution in [2.24, 2.45) is 0 Å². The largest absolute Gasteiger partial charge is 0.460 e. The first-order chi connectivity index (χ1) is 14.0. The van der Waals surface area contributed by atoms with Gasteiger partial charge in [-0.15, -0.1) is 0 Å². The van der Waals surface area contributed by atoms with Crippen LogP contribution in [0.25, 0.3) is 11.0 Å². The van der Waals surface area contributed by atoms with E-state index in [1.807, 2.05) is 0 Å². The minimum absolute atomic E-state index is 0.115. The second kappa shape index (κ2) is 7.96. The summed E-state index contributed by atoms with van der Waals surface area (Å²) in [6.07, 6.45) is -0.348. The number of fused-ring (bicyclic) bond motifs is 1. The highest BCUT2D eigenvalue weighted by Gasteiger charge is 2.24. The van der Waals surface area contributed by atoms with Crippen molar-refractivity contribution in [2.75, 3.05) is 4.72 Å². The Balaban J connectivity index is 2.03. The van der Waals surface area contributed by atoms with Crippen LogP contribution in [0.15, 0.2) is 45.7 Å². The fourth-order valence-electron chi connectivity index (χ4n) is 2.83. The van der Waals surface area contributed by atoms with Gasteiger partial charge in [-0.05, 0) is 45.0 Å². The Morgan fingerprint density at radius 3 is 2.57 bits per heavy atom. The Bertz CT molecular complexity index is 1270. The molecule has 0 amide bonds. The summed E-state index contributed by atoms with van der Waals surface area (Å²) in [7, 11) is -4.25. The van der Waals surface area contributed by atoms with Gasteiger partial charge in [0.2, 0.25) is 0 Å². The second-order valence-corrected chi connectivity index (χ2v) is 8.73. The number of esters is 1. The number of nitrogens with zero attached hydrogens (tertiary/aromatic N) is 1. The van der Waals surface area contributed by atoms with Crippen LogP contribution in [0.5, 0.6) is 0 Å². The third-order valence-corrected chi connectivity index (χ3v) is 5.94. The Morgan fingerprint density at radius 2 is 1.93 bits per heavy atom. The molecule has 1 aromatic heterocycles. The molecule has 0 saturated heterocycles. The third kappa shape index (κ3) is 4.24. The maximum atomic E-state index is 12.8. The molecule has 9 nitrogen and oxygen atoms in total. The smallest absolute Gasteiger partial charge is 0.342 e. The summed E-state index contributed by atoms with van der Waals surface area (Å²) in [4.78, 5) is 22.2. The van der Waals surface area contributed by atoms with Crippen molar-refractivity contribution in [3.05, 3.63) is 62.9 Å². The molecule has 0 aliphatic carbocycles. The molecule has 1 N–H and O–H groups in total. The molecule has 3 rings (SSSR count). The van der Waals surface area contributed by atoms with E-state index in [0.717, 1.165) is 18.2 Å². The number of nitro benzene ring substituents is 1. The average molecular weight is 453 g/mol. The number of hydrogen-bond donors (Lipinski definition) is 1. The topological polar surface area (TPSA) is 129 Å². The normalized spacial score (nSPS) is 11.6. The minimum atomic E-state index is -4.25. The van der Waals surface area contributed by atoms with E-state index in [2.05, 4.69) is 4.72 Å². The molecule has 0 saturated carbocycles. The molecular weight excluding hydrogens is 436 g/mol. The number of carbonyl (C=O) groups is 1. The van der Waals surface area contributed by atoms with E-state index in [-0.39, 0.29) is 22.4 Å². The van der Waals surface area contributed by atoms with E-state index in [9.17, 15) is 23.3 Å². The van der Waals surface area contributed by atoms with E-state index in [1.165, 1.54) is 18.2 Å². The summed E-state index contributed by atoms with van der Waals surface area (Å²) in [5, 5.41) is 11.2. The van der Waals surface area contributed by atoms with Crippen LogP contribution < -0.4 is 4.72 Å². The molecule has 30 heavy (non-hydrogen) atoms. The molecule has 2 aromatic carbocycles. The van der Waals surface area contributed by atoms with Gasteiger partial charge >= 0.3 is 5.97 Å². The molecule has 158 valence electrons. The molecule has 0 aliphatic rings. The van der Waals surface area contributed by atoms with Gasteiger partial charge in [0.15, 0.2) is 0 Å². The number of anilines is 1. The van der Waals surface area contributed by atoms with Crippen LogP contribution in [0.2, 0.25) is 5.02 Å². The van der Waals surface area contributed by atoms with Gasteiger partial charge in [0.1, 0.15) is 21.8 Å². The number of carbonyl (C=O) groups excluding carboxylic acids is 1. The summed E-state index contributed by atoms with van der Waals surface area (Å²) in [5.41, 5.74) is 0.261. The highest BCUT2D eigenvalue weighted by molar-refractivity contribution is 7.92. The van der Waals surface area contributed by atoms with E-state index >= 15 is 0 Å². The number of aryl methyl sites for hydroxylation is 1. The molecule has 3 aromatic rings. The number of hydrogen-bond acceptors (Lipinski definition) is 7. The van der Waals surface area contributed by atoms with Crippen molar-refractivity contribution in [1.82, 2.24) is 0 Å². The lowest BCUT2D eigenvalue weighted by atomic mass is 10.1. The lowest BCUT2D eigenvalue weighted by molar-refractivity contribution is -0.385. The monoisotopic (exact) mass is 452 g/mol. The van der Waals surface area contributed by atoms with Crippen LogP contribution in [0, 0.1) is 17.0 Å². The maximum absolute atomic E-state index is 12.8. The predicted molar refractivity (Wildman–Crippen MR) is 110 cm³/mol. The van der Waals surface area contributed by atoms with Gasteiger partial charge in [-0.25, -0.2) is 13.2 Å². The molecule has 0 atom stereocenters. The van der Waals surface area contributed by atoms with E-state index in [4.69, 9.17) is 20.8 Å².